The second-order valence-electron chi connectivity index (χ2n) is 6.91. The first kappa shape index (κ1) is 16.2. The summed E-state index contributed by atoms with van der Waals surface area (Å²) in [6.07, 6.45) is 6.68. The summed E-state index contributed by atoms with van der Waals surface area (Å²) < 4.78 is 0. The predicted octanol–water partition coefficient (Wildman–Crippen LogP) is 3.33. The molecular weight excluding hydrogens is 284 g/mol. The lowest BCUT2D eigenvalue weighted by Crippen LogP contribution is -2.42. The topological polar surface area (TPSA) is 39.7 Å². The molecule has 0 radical (unpaired) electrons. The third kappa shape index (κ3) is 4.18. The number of benzene rings is 1. The quantitative estimate of drug-likeness (QED) is 0.481. The van der Waals surface area contributed by atoms with Crippen LogP contribution in [-0.4, -0.2) is 43.6 Å². The summed E-state index contributed by atoms with van der Waals surface area (Å²) in [6, 6.07) is 10.4. The van der Waals surface area contributed by atoms with Gasteiger partial charge in [0.05, 0.1) is 0 Å². The van der Waals surface area contributed by atoms with Crippen LogP contribution < -0.4 is 10.6 Å². The van der Waals surface area contributed by atoms with E-state index in [1.165, 1.54) is 44.5 Å². The van der Waals surface area contributed by atoms with Gasteiger partial charge in [-0.15, -0.1) is 0 Å². The van der Waals surface area contributed by atoms with Crippen molar-refractivity contribution in [1.29, 1.82) is 0 Å². The first-order valence-corrected chi connectivity index (χ1v) is 9.14. The number of anilines is 1. The summed E-state index contributed by atoms with van der Waals surface area (Å²) >= 11 is 0. The normalized spacial score (nSPS) is 19.7. The fourth-order valence-corrected chi connectivity index (χ4v) is 3.68. The summed E-state index contributed by atoms with van der Waals surface area (Å²) in [6.45, 7) is 7.34. The van der Waals surface area contributed by atoms with Crippen LogP contribution >= 0.6 is 0 Å². The molecule has 1 saturated carbocycles. The lowest BCUT2D eigenvalue weighted by Gasteiger charge is -2.38. The molecule has 126 valence electrons. The van der Waals surface area contributed by atoms with Crippen molar-refractivity contribution in [3.05, 3.63) is 30.3 Å². The second kappa shape index (κ2) is 7.71. The Bertz CT molecular complexity index is 507. The van der Waals surface area contributed by atoms with Gasteiger partial charge >= 0.3 is 0 Å². The van der Waals surface area contributed by atoms with Crippen LogP contribution in [0.25, 0.3) is 0 Å². The Morgan fingerprint density at radius 1 is 1.22 bits per heavy atom. The van der Waals surface area contributed by atoms with Gasteiger partial charge in [0.25, 0.3) is 0 Å². The maximum atomic E-state index is 4.84. The zero-order valence-corrected chi connectivity index (χ0v) is 14.4. The van der Waals surface area contributed by atoms with Crippen LogP contribution in [0.5, 0.6) is 0 Å². The molecule has 1 spiro atoms. The van der Waals surface area contributed by atoms with Crippen molar-refractivity contribution >= 4 is 11.6 Å². The maximum Gasteiger partial charge on any atom is 0.193 e. The van der Waals surface area contributed by atoms with Gasteiger partial charge < -0.3 is 15.5 Å². The van der Waals surface area contributed by atoms with E-state index in [0.717, 1.165) is 32.0 Å². The third-order valence-corrected chi connectivity index (χ3v) is 5.19. The number of nitrogens with zero attached hydrogens (tertiary/aromatic N) is 2. The highest BCUT2D eigenvalue weighted by molar-refractivity contribution is 5.80. The van der Waals surface area contributed by atoms with Crippen molar-refractivity contribution < 1.29 is 0 Å². The fourth-order valence-electron chi connectivity index (χ4n) is 3.68. The van der Waals surface area contributed by atoms with Gasteiger partial charge in [-0.25, -0.2) is 0 Å². The van der Waals surface area contributed by atoms with Crippen LogP contribution in [0, 0.1) is 5.41 Å². The number of aliphatic imine (C=N–C) groups is 1. The van der Waals surface area contributed by atoms with Gasteiger partial charge in [-0.05, 0) is 50.2 Å². The molecule has 2 fully saturated rings. The Kier molecular flexibility index (Phi) is 5.42. The van der Waals surface area contributed by atoms with Crippen molar-refractivity contribution in [2.45, 2.75) is 39.0 Å². The lowest BCUT2D eigenvalue weighted by molar-refractivity contribution is 0.151. The summed E-state index contributed by atoms with van der Waals surface area (Å²) in [7, 11) is 0. The molecule has 1 aliphatic heterocycles. The minimum atomic E-state index is 0.630. The smallest absolute Gasteiger partial charge is 0.193 e. The molecule has 23 heavy (non-hydrogen) atoms. The van der Waals surface area contributed by atoms with E-state index in [0.29, 0.717) is 5.41 Å². The summed E-state index contributed by atoms with van der Waals surface area (Å²) in [4.78, 5) is 7.32. The fraction of sp³-hybridized carbons (Fsp3) is 0.632. The van der Waals surface area contributed by atoms with Gasteiger partial charge in [0.2, 0.25) is 0 Å². The summed E-state index contributed by atoms with van der Waals surface area (Å²) in [5.41, 5.74) is 1.82. The van der Waals surface area contributed by atoms with E-state index in [9.17, 15) is 0 Å². The number of guanidine groups is 1. The summed E-state index contributed by atoms with van der Waals surface area (Å²) in [5, 5.41) is 6.92. The Hall–Kier alpha value is -1.71. The van der Waals surface area contributed by atoms with E-state index in [-0.39, 0.29) is 0 Å². The number of para-hydroxylation sites is 1. The first-order valence-electron chi connectivity index (χ1n) is 9.14. The molecule has 1 aromatic rings. The summed E-state index contributed by atoms with van der Waals surface area (Å²) in [5.74, 6) is 1.12. The predicted molar refractivity (Wildman–Crippen MR) is 98.0 cm³/mol. The van der Waals surface area contributed by atoms with E-state index in [1.54, 1.807) is 0 Å². The lowest BCUT2D eigenvalue weighted by atomic mass is 9.68. The molecule has 1 aliphatic carbocycles. The van der Waals surface area contributed by atoms with Gasteiger partial charge in [0.15, 0.2) is 5.96 Å². The SMILES string of the molecule is CCNC(=NCCCNc1ccccc1)N1CCC2(CCC2)C1. The van der Waals surface area contributed by atoms with Crippen molar-refractivity contribution in [1.82, 2.24) is 10.2 Å². The zero-order valence-electron chi connectivity index (χ0n) is 14.4. The Morgan fingerprint density at radius 3 is 2.70 bits per heavy atom. The third-order valence-electron chi connectivity index (χ3n) is 5.19. The zero-order chi connectivity index (χ0) is 16.0. The molecule has 2 N–H and O–H groups in total. The second-order valence-corrected chi connectivity index (χ2v) is 6.91. The van der Waals surface area contributed by atoms with E-state index in [2.05, 4.69) is 46.7 Å². The van der Waals surface area contributed by atoms with Gasteiger partial charge in [-0.2, -0.15) is 0 Å². The molecule has 4 heteroatoms. The molecule has 0 amide bonds. The van der Waals surface area contributed by atoms with Crippen LogP contribution in [-0.2, 0) is 0 Å². The van der Waals surface area contributed by atoms with Gasteiger partial charge in [0.1, 0.15) is 0 Å². The van der Waals surface area contributed by atoms with Gasteiger partial charge in [-0.3, -0.25) is 4.99 Å². The van der Waals surface area contributed by atoms with Crippen LogP contribution in [0.3, 0.4) is 0 Å². The van der Waals surface area contributed by atoms with Crippen LogP contribution in [0.2, 0.25) is 0 Å². The molecule has 2 aliphatic rings. The van der Waals surface area contributed by atoms with Crippen LogP contribution in [0.4, 0.5) is 5.69 Å². The molecule has 1 saturated heterocycles. The number of nitrogens with one attached hydrogen (secondary N) is 2. The standard InChI is InChI=1S/C19H30N4/c1-2-20-18(23-15-12-19(16-23)10-6-11-19)22-14-7-13-21-17-8-4-3-5-9-17/h3-5,8-9,21H,2,6-7,10-16H2,1H3,(H,20,22). The molecule has 0 aromatic heterocycles. The Morgan fingerprint density at radius 2 is 2.04 bits per heavy atom. The van der Waals surface area contributed by atoms with Crippen molar-refractivity contribution in [2.24, 2.45) is 10.4 Å². The molecule has 0 atom stereocenters. The highest BCUT2D eigenvalue weighted by Crippen LogP contribution is 2.47. The average Bonchev–Trinajstić information content (AvgIpc) is 3.00. The monoisotopic (exact) mass is 314 g/mol. The molecule has 3 rings (SSSR count). The maximum absolute atomic E-state index is 4.84. The van der Waals surface area contributed by atoms with Crippen molar-refractivity contribution in [3.63, 3.8) is 0 Å². The minimum Gasteiger partial charge on any atom is -0.385 e. The Balaban J connectivity index is 1.43. The molecule has 1 aromatic carbocycles. The van der Waals surface area contributed by atoms with Gasteiger partial charge in [0, 0.05) is 38.4 Å². The number of rotatable bonds is 6. The van der Waals surface area contributed by atoms with Gasteiger partial charge in [-0.1, -0.05) is 24.6 Å². The molecule has 1 heterocycles. The van der Waals surface area contributed by atoms with E-state index in [1.807, 2.05) is 6.07 Å². The van der Waals surface area contributed by atoms with Crippen molar-refractivity contribution in [3.8, 4) is 0 Å². The first-order chi connectivity index (χ1) is 11.3. The van der Waals surface area contributed by atoms with E-state index >= 15 is 0 Å². The highest BCUT2D eigenvalue weighted by Gasteiger charge is 2.43. The largest absolute Gasteiger partial charge is 0.385 e. The molecule has 4 nitrogen and oxygen atoms in total. The van der Waals surface area contributed by atoms with E-state index < -0.39 is 0 Å². The van der Waals surface area contributed by atoms with E-state index in [4.69, 9.17) is 4.99 Å². The number of hydrogen-bond donors (Lipinski definition) is 2. The van der Waals surface area contributed by atoms with Crippen LogP contribution in [0.15, 0.2) is 35.3 Å². The number of likely N-dealkylation sites (tertiary alicyclic amines) is 1. The van der Waals surface area contributed by atoms with Crippen LogP contribution in [0.1, 0.15) is 39.0 Å². The molecular formula is C19H30N4. The highest BCUT2D eigenvalue weighted by atomic mass is 15.3. The number of hydrogen-bond acceptors (Lipinski definition) is 2. The molecule has 0 unspecified atom stereocenters. The molecule has 0 bridgehead atoms. The van der Waals surface area contributed by atoms with Crippen molar-refractivity contribution in [2.75, 3.05) is 38.0 Å². The average molecular weight is 314 g/mol. The Labute approximate surface area is 140 Å². The minimum absolute atomic E-state index is 0.630.